The maximum atomic E-state index is 5.25. The van der Waals surface area contributed by atoms with Crippen molar-refractivity contribution >= 4 is 29.9 Å². The number of aromatic nitrogens is 2. The zero-order valence-electron chi connectivity index (χ0n) is 15.8. The normalized spacial score (nSPS) is 16.3. The first-order chi connectivity index (χ1) is 11.6. The molecule has 0 atom stereocenters. The van der Waals surface area contributed by atoms with E-state index in [0.717, 1.165) is 31.4 Å². The molecule has 1 aliphatic carbocycles. The molecular weight excluding hydrogens is 433 g/mol. The largest absolute Gasteiger partial charge is 0.385 e. The lowest BCUT2D eigenvalue weighted by Crippen LogP contribution is -2.47. The molecule has 7 nitrogen and oxygen atoms in total. The summed E-state index contributed by atoms with van der Waals surface area (Å²) in [4.78, 5) is 8.67. The van der Waals surface area contributed by atoms with Gasteiger partial charge in [-0.25, -0.2) is 0 Å². The Hall–Kier alpha value is -0.900. The number of ether oxygens (including phenoxy) is 1. The molecule has 0 radical (unpaired) electrons. The Kier molecular flexibility index (Phi) is 9.70. The van der Waals surface area contributed by atoms with Crippen molar-refractivity contribution in [2.75, 3.05) is 33.9 Å². The quantitative estimate of drug-likeness (QED) is 0.332. The summed E-state index contributed by atoms with van der Waals surface area (Å²) in [6, 6.07) is 0. The molecule has 1 aliphatic rings. The Balaban J connectivity index is 0.00000312. The molecule has 0 aromatic carbocycles. The van der Waals surface area contributed by atoms with E-state index in [0.29, 0.717) is 24.3 Å². The van der Waals surface area contributed by atoms with Gasteiger partial charge in [0.1, 0.15) is 0 Å². The van der Waals surface area contributed by atoms with Crippen molar-refractivity contribution in [1.82, 2.24) is 20.8 Å². The highest BCUT2D eigenvalue weighted by Gasteiger charge is 2.36. The summed E-state index contributed by atoms with van der Waals surface area (Å²) in [5.41, 5.74) is 0.367. The lowest BCUT2D eigenvalue weighted by atomic mass is 9.67. The summed E-state index contributed by atoms with van der Waals surface area (Å²) in [5, 5.41) is 10.7. The number of hydrogen-bond acceptors (Lipinski definition) is 5. The van der Waals surface area contributed by atoms with Gasteiger partial charge in [0.05, 0.1) is 0 Å². The second-order valence-corrected chi connectivity index (χ2v) is 6.90. The van der Waals surface area contributed by atoms with Crippen LogP contribution in [-0.4, -0.2) is 50.0 Å². The zero-order valence-corrected chi connectivity index (χ0v) is 18.1. The first-order valence-corrected chi connectivity index (χ1v) is 8.84. The number of rotatable bonds is 9. The van der Waals surface area contributed by atoms with Crippen LogP contribution in [-0.2, 0) is 11.2 Å². The first-order valence-electron chi connectivity index (χ1n) is 8.84. The van der Waals surface area contributed by atoms with Crippen LogP contribution in [0.3, 0.4) is 0 Å². The number of methoxy groups -OCH3 is 1. The van der Waals surface area contributed by atoms with E-state index in [9.17, 15) is 0 Å². The molecule has 1 fully saturated rings. The molecule has 0 unspecified atom stereocenters. The van der Waals surface area contributed by atoms with E-state index in [1.165, 1.54) is 19.3 Å². The van der Waals surface area contributed by atoms with Crippen LogP contribution in [0.15, 0.2) is 9.52 Å². The zero-order chi connectivity index (χ0) is 17.4. The molecule has 1 aromatic heterocycles. The fraction of sp³-hybridized carbons (Fsp3) is 0.824. The topological polar surface area (TPSA) is 84.6 Å². The Labute approximate surface area is 167 Å². The lowest BCUT2D eigenvalue weighted by Gasteiger charge is -2.42. The van der Waals surface area contributed by atoms with Gasteiger partial charge in [0.2, 0.25) is 5.89 Å². The fourth-order valence-corrected chi connectivity index (χ4v) is 2.89. The minimum atomic E-state index is 0. The second kappa shape index (κ2) is 10.9. The van der Waals surface area contributed by atoms with E-state index in [1.807, 2.05) is 0 Å². The van der Waals surface area contributed by atoms with E-state index >= 15 is 0 Å². The smallest absolute Gasteiger partial charge is 0.228 e. The molecule has 2 N–H and O–H groups in total. The lowest BCUT2D eigenvalue weighted by molar-refractivity contribution is 0.0732. The van der Waals surface area contributed by atoms with Crippen LogP contribution in [0.25, 0.3) is 0 Å². The van der Waals surface area contributed by atoms with Gasteiger partial charge >= 0.3 is 0 Å². The van der Waals surface area contributed by atoms with Crippen molar-refractivity contribution < 1.29 is 9.26 Å². The number of aliphatic imine (C=N–C) groups is 1. The van der Waals surface area contributed by atoms with Crippen LogP contribution in [0.1, 0.15) is 57.2 Å². The summed E-state index contributed by atoms with van der Waals surface area (Å²) >= 11 is 0. The van der Waals surface area contributed by atoms with Crippen LogP contribution >= 0.6 is 24.0 Å². The van der Waals surface area contributed by atoms with Gasteiger partial charge in [-0.3, -0.25) is 4.99 Å². The van der Waals surface area contributed by atoms with Gasteiger partial charge in [-0.2, -0.15) is 4.98 Å². The van der Waals surface area contributed by atoms with Crippen LogP contribution in [0.2, 0.25) is 0 Å². The van der Waals surface area contributed by atoms with Crippen molar-refractivity contribution in [2.24, 2.45) is 10.4 Å². The SMILES string of the molecule is CN=C(NCCc1nc(C(C)C)no1)NCC1(CCOC)CCC1.I. The predicted octanol–water partition coefficient (Wildman–Crippen LogP) is 2.73. The Morgan fingerprint density at radius 3 is 2.64 bits per heavy atom. The third kappa shape index (κ3) is 6.73. The van der Waals surface area contributed by atoms with Gasteiger partial charge in [-0.1, -0.05) is 25.4 Å². The molecule has 2 rings (SSSR count). The summed E-state index contributed by atoms with van der Waals surface area (Å²) in [6.45, 7) is 6.58. The van der Waals surface area contributed by atoms with Crippen molar-refractivity contribution in [3.63, 3.8) is 0 Å². The predicted molar refractivity (Wildman–Crippen MR) is 110 cm³/mol. The summed E-state index contributed by atoms with van der Waals surface area (Å²) in [5.74, 6) is 2.53. The maximum Gasteiger partial charge on any atom is 0.228 e. The molecule has 0 saturated heterocycles. The highest BCUT2D eigenvalue weighted by atomic mass is 127. The van der Waals surface area contributed by atoms with Gasteiger partial charge in [0.15, 0.2) is 11.8 Å². The van der Waals surface area contributed by atoms with E-state index in [-0.39, 0.29) is 29.9 Å². The van der Waals surface area contributed by atoms with Crippen LogP contribution < -0.4 is 10.6 Å². The summed E-state index contributed by atoms with van der Waals surface area (Å²) in [6.07, 6.45) is 5.64. The Bertz CT molecular complexity index is 529. The average Bonchev–Trinajstić information content (AvgIpc) is 3.01. The van der Waals surface area contributed by atoms with Crippen molar-refractivity contribution in [3.8, 4) is 0 Å². The van der Waals surface area contributed by atoms with Gasteiger partial charge < -0.3 is 19.9 Å². The molecule has 0 amide bonds. The molecule has 144 valence electrons. The Morgan fingerprint density at radius 2 is 2.12 bits per heavy atom. The minimum absolute atomic E-state index is 0. The van der Waals surface area contributed by atoms with Crippen LogP contribution in [0, 0.1) is 5.41 Å². The molecule has 0 spiro atoms. The summed E-state index contributed by atoms with van der Waals surface area (Å²) < 4.78 is 10.5. The number of nitrogens with zero attached hydrogens (tertiary/aromatic N) is 3. The van der Waals surface area contributed by atoms with E-state index in [4.69, 9.17) is 9.26 Å². The van der Waals surface area contributed by atoms with Gasteiger partial charge in [-0.15, -0.1) is 24.0 Å². The first kappa shape index (κ1) is 22.1. The van der Waals surface area contributed by atoms with Crippen LogP contribution in [0.4, 0.5) is 0 Å². The van der Waals surface area contributed by atoms with Crippen LogP contribution in [0.5, 0.6) is 0 Å². The fourth-order valence-electron chi connectivity index (χ4n) is 2.89. The minimum Gasteiger partial charge on any atom is -0.385 e. The monoisotopic (exact) mass is 465 g/mol. The second-order valence-electron chi connectivity index (χ2n) is 6.90. The van der Waals surface area contributed by atoms with Crippen molar-refractivity contribution in [1.29, 1.82) is 0 Å². The summed E-state index contributed by atoms with van der Waals surface area (Å²) in [7, 11) is 3.56. The van der Waals surface area contributed by atoms with Gasteiger partial charge in [0.25, 0.3) is 0 Å². The van der Waals surface area contributed by atoms with E-state index in [1.54, 1.807) is 14.2 Å². The van der Waals surface area contributed by atoms with Gasteiger partial charge in [-0.05, 0) is 24.7 Å². The average molecular weight is 465 g/mol. The third-order valence-corrected chi connectivity index (χ3v) is 4.74. The van der Waals surface area contributed by atoms with E-state index in [2.05, 4.69) is 39.6 Å². The molecule has 8 heteroatoms. The highest BCUT2D eigenvalue weighted by Crippen LogP contribution is 2.43. The molecule has 1 heterocycles. The standard InChI is InChI=1S/C17H31N5O2.HI/c1-13(2)15-21-14(24-22-15)6-10-19-16(18-3)20-12-17(7-5-8-17)9-11-23-4;/h13H,5-12H2,1-4H3,(H2,18,19,20);1H. The molecular formula is C17H32IN5O2. The number of halogens is 1. The van der Waals surface area contributed by atoms with Gasteiger partial charge in [0, 0.05) is 46.2 Å². The number of guanidine groups is 1. The molecule has 25 heavy (non-hydrogen) atoms. The maximum absolute atomic E-state index is 5.25. The highest BCUT2D eigenvalue weighted by molar-refractivity contribution is 14.0. The van der Waals surface area contributed by atoms with E-state index < -0.39 is 0 Å². The van der Waals surface area contributed by atoms with Crippen molar-refractivity contribution in [2.45, 2.75) is 51.9 Å². The Morgan fingerprint density at radius 1 is 1.36 bits per heavy atom. The third-order valence-electron chi connectivity index (χ3n) is 4.74. The molecule has 0 bridgehead atoms. The number of nitrogens with one attached hydrogen (secondary N) is 2. The molecule has 1 saturated carbocycles. The van der Waals surface area contributed by atoms with Crippen molar-refractivity contribution in [3.05, 3.63) is 11.7 Å². The molecule has 0 aliphatic heterocycles. The molecule has 1 aromatic rings. The number of hydrogen-bond donors (Lipinski definition) is 2.